The van der Waals surface area contributed by atoms with E-state index in [1.165, 1.54) is 33.2 Å². The van der Waals surface area contributed by atoms with Crippen molar-refractivity contribution in [2.45, 2.75) is 34.6 Å². The van der Waals surface area contributed by atoms with Crippen molar-refractivity contribution >= 4 is 21.8 Å². The average Bonchev–Trinajstić information content (AvgIpc) is 3.46. The standard InChI is InChI=1S/C37H32N4O/c1-23-18-19-38-35(20-23)40-33-15-7-6-14-31(33)32-17-16-30(22-34(32)40)42-29-13-9-12-28(21-29)41-27(5)37(26(4)39-41)36-24(2)10-8-11-25(36)3/h6-22H,1-5H3. The van der Waals surface area contributed by atoms with Gasteiger partial charge < -0.3 is 4.74 Å². The molecule has 5 heteroatoms. The van der Waals surface area contributed by atoms with Crippen molar-refractivity contribution in [1.29, 1.82) is 0 Å². The molecule has 7 rings (SSSR count). The lowest BCUT2D eigenvalue weighted by Gasteiger charge is -2.12. The number of hydrogen-bond donors (Lipinski definition) is 0. The SMILES string of the molecule is Cc1ccnc(-n2c3ccccc3c3ccc(Oc4cccc(-n5nc(C)c(-c6c(C)cccc6C)c5C)c4)cc32)c1. The number of aryl methyl sites for hydroxylation is 4. The van der Waals surface area contributed by atoms with Crippen molar-refractivity contribution in [3.05, 3.63) is 131 Å². The number of fused-ring (bicyclic) bond motifs is 3. The normalized spacial score (nSPS) is 11.5. The summed E-state index contributed by atoms with van der Waals surface area (Å²) in [7, 11) is 0. The zero-order valence-corrected chi connectivity index (χ0v) is 24.5. The minimum atomic E-state index is 0.754. The Bertz CT molecular complexity index is 2110. The number of ether oxygens (including phenoxy) is 1. The van der Waals surface area contributed by atoms with Crippen molar-refractivity contribution in [1.82, 2.24) is 19.3 Å². The van der Waals surface area contributed by atoms with E-state index in [0.29, 0.717) is 0 Å². The van der Waals surface area contributed by atoms with Crippen LogP contribution >= 0.6 is 0 Å². The minimum absolute atomic E-state index is 0.754. The van der Waals surface area contributed by atoms with Crippen LogP contribution in [0.3, 0.4) is 0 Å². The summed E-state index contributed by atoms with van der Waals surface area (Å²) in [5.74, 6) is 2.41. The molecule has 42 heavy (non-hydrogen) atoms. The molecule has 7 aromatic rings. The number of hydrogen-bond acceptors (Lipinski definition) is 3. The fourth-order valence-electron chi connectivity index (χ4n) is 6.18. The molecule has 0 aliphatic carbocycles. The van der Waals surface area contributed by atoms with Gasteiger partial charge in [0.05, 0.1) is 22.4 Å². The fourth-order valence-corrected chi connectivity index (χ4v) is 6.18. The largest absolute Gasteiger partial charge is 0.457 e. The Kier molecular flexibility index (Phi) is 6.16. The Morgan fingerprint density at radius 1 is 0.619 bits per heavy atom. The van der Waals surface area contributed by atoms with Crippen LogP contribution in [0, 0.1) is 34.6 Å². The third-order valence-electron chi connectivity index (χ3n) is 8.10. The van der Waals surface area contributed by atoms with E-state index in [1.807, 2.05) is 35.1 Å². The van der Waals surface area contributed by atoms with Gasteiger partial charge in [-0.2, -0.15) is 5.10 Å². The van der Waals surface area contributed by atoms with Gasteiger partial charge in [0.2, 0.25) is 0 Å². The molecule has 3 heterocycles. The second-order valence-corrected chi connectivity index (χ2v) is 11.0. The molecule has 0 fully saturated rings. The van der Waals surface area contributed by atoms with Crippen molar-refractivity contribution in [3.63, 3.8) is 0 Å². The highest BCUT2D eigenvalue weighted by Gasteiger charge is 2.19. The van der Waals surface area contributed by atoms with E-state index < -0.39 is 0 Å². The average molecular weight is 549 g/mol. The lowest BCUT2D eigenvalue weighted by atomic mass is 9.94. The summed E-state index contributed by atoms with van der Waals surface area (Å²) in [5, 5.41) is 7.31. The predicted octanol–water partition coefficient (Wildman–Crippen LogP) is 9.37. The molecule has 4 aromatic carbocycles. The van der Waals surface area contributed by atoms with Gasteiger partial charge in [-0.1, -0.05) is 42.5 Å². The monoisotopic (exact) mass is 548 g/mol. The molecule has 0 aliphatic heterocycles. The molecular weight excluding hydrogens is 516 g/mol. The molecule has 0 atom stereocenters. The van der Waals surface area contributed by atoms with Crippen LogP contribution in [-0.4, -0.2) is 19.3 Å². The van der Waals surface area contributed by atoms with Crippen molar-refractivity contribution in [3.8, 4) is 34.1 Å². The van der Waals surface area contributed by atoms with Crippen LogP contribution in [-0.2, 0) is 0 Å². The van der Waals surface area contributed by atoms with Crippen LogP contribution in [0.1, 0.15) is 28.1 Å². The van der Waals surface area contributed by atoms with Gasteiger partial charge in [0.1, 0.15) is 17.3 Å². The van der Waals surface area contributed by atoms with Gasteiger partial charge in [-0.25, -0.2) is 9.67 Å². The highest BCUT2D eigenvalue weighted by atomic mass is 16.5. The molecule has 0 saturated carbocycles. The fraction of sp³-hybridized carbons (Fsp3) is 0.135. The van der Waals surface area contributed by atoms with Gasteiger partial charge >= 0.3 is 0 Å². The summed E-state index contributed by atoms with van der Waals surface area (Å²) in [6.45, 7) is 10.6. The van der Waals surface area contributed by atoms with Crippen molar-refractivity contribution in [2.24, 2.45) is 0 Å². The van der Waals surface area contributed by atoms with Crippen molar-refractivity contribution in [2.75, 3.05) is 0 Å². The third kappa shape index (κ3) is 4.25. The molecule has 5 nitrogen and oxygen atoms in total. The van der Waals surface area contributed by atoms with E-state index in [-0.39, 0.29) is 0 Å². The van der Waals surface area contributed by atoms with E-state index in [4.69, 9.17) is 14.8 Å². The maximum atomic E-state index is 6.48. The molecule has 0 N–H and O–H groups in total. The number of nitrogens with zero attached hydrogens (tertiary/aromatic N) is 4. The highest BCUT2D eigenvalue weighted by Crippen LogP contribution is 2.36. The van der Waals surface area contributed by atoms with E-state index in [9.17, 15) is 0 Å². The van der Waals surface area contributed by atoms with Gasteiger partial charge in [-0.05, 0) is 99.3 Å². The number of pyridine rings is 1. The zero-order chi connectivity index (χ0) is 29.0. The number of aromatic nitrogens is 4. The first-order valence-corrected chi connectivity index (χ1v) is 14.3. The lowest BCUT2D eigenvalue weighted by Crippen LogP contribution is -2.00. The summed E-state index contributed by atoms with van der Waals surface area (Å²) in [6.07, 6.45) is 1.86. The predicted molar refractivity (Wildman–Crippen MR) is 171 cm³/mol. The Balaban J connectivity index is 1.29. The molecule has 3 aromatic heterocycles. The first-order valence-electron chi connectivity index (χ1n) is 14.3. The highest BCUT2D eigenvalue weighted by molar-refractivity contribution is 6.09. The molecule has 0 amide bonds. The van der Waals surface area contributed by atoms with Crippen LogP contribution in [0.2, 0.25) is 0 Å². The Labute approximate surface area is 245 Å². The van der Waals surface area contributed by atoms with E-state index >= 15 is 0 Å². The van der Waals surface area contributed by atoms with Crippen LogP contribution < -0.4 is 4.74 Å². The summed E-state index contributed by atoms with van der Waals surface area (Å²) in [5.41, 5.74) is 11.4. The maximum absolute atomic E-state index is 6.48. The molecule has 0 unspecified atom stereocenters. The molecular formula is C37H32N4O. The topological polar surface area (TPSA) is 44.9 Å². The molecule has 0 saturated heterocycles. The van der Waals surface area contributed by atoms with Crippen molar-refractivity contribution < 1.29 is 4.74 Å². The number of rotatable bonds is 5. The summed E-state index contributed by atoms with van der Waals surface area (Å²) in [6, 6.07) is 33.5. The van der Waals surface area contributed by atoms with Crippen LogP contribution in [0.15, 0.2) is 103 Å². The summed E-state index contributed by atoms with van der Waals surface area (Å²) < 4.78 is 10.7. The molecule has 0 bridgehead atoms. The van der Waals surface area contributed by atoms with Gasteiger partial charge in [0.25, 0.3) is 0 Å². The van der Waals surface area contributed by atoms with Crippen LogP contribution in [0.4, 0.5) is 0 Å². The van der Waals surface area contributed by atoms with E-state index in [1.54, 1.807) is 0 Å². The lowest BCUT2D eigenvalue weighted by molar-refractivity contribution is 0.483. The zero-order valence-electron chi connectivity index (χ0n) is 24.5. The molecule has 0 spiro atoms. The number of benzene rings is 4. The maximum Gasteiger partial charge on any atom is 0.137 e. The first kappa shape index (κ1) is 25.8. The van der Waals surface area contributed by atoms with Crippen LogP contribution in [0.5, 0.6) is 11.5 Å². The van der Waals surface area contributed by atoms with Gasteiger partial charge in [0, 0.05) is 40.4 Å². The Morgan fingerprint density at radius 2 is 1.36 bits per heavy atom. The van der Waals surface area contributed by atoms with Gasteiger partial charge in [0.15, 0.2) is 0 Å². The summed E-state index contributed by atoms with van der Waals surface area (Å²) >= 11 is 0. The van der Waals surface area contributed by atoms with E-state index in [2.05, 4.69) is 112 Å². The van der Waals surface area contributed by atoms with Gasteiger partial charge in [-0.15, -0.1) is 0 Å². The summed E-state index contributed by atoms with van der Waals surface area (Å²) in [4.78, 5) is 4.70. The minimum Gasteiger partial charge on any atom is -0.457 e. The van der Waals surface area contributed by atoms with Gasteiger partial charge in [-0.3, -0.25) is 4.57 Å². The second kappa shape index (κ2) is 10.0. The Morgan fingerprint density at radius 3 is 2.17 bits per heavy atom. The third-order valence-corrected chi connectivity index (χ3v) is 8.10. The van der Waals surface area contributed by atoms with E-state index in [0.717, 1.165) is 50.8 Å². The second-order valence-electron chi connectivity index (χ2n) is 11.0. The quantitative estimate of drug-likeness (QED) is 0.215. The number of para-hydroxylation sites is 1. The smallest absolute Gasteiger partial charge is 0.137 e. The van der Waals surface area contributed by atoms with Crippen LogP contribution in [0.25, 0.3) is 44.4 Å². The first-order chi connectivity index (χ1) is 20.4. The molecule has 0 aliphatic rings. The molecule has 206 valence electrons. The Hall–Kier alpha value is -5.16. The molecule has 0 radical (unpaired) electrons.